The summed E-state index contributed by atoms with van der Waals surface area (Å²) in [6.07, 6.45) is 4.02. The van der Waals surface area contributed by atoms with Crippen LogP contribution in [0.2, 0.25) is 0 Å². The van der Waals surface area contributed by atoms with E-state index in [1.165, 1.54) is 6.92 Å². The van der Waals surface area contributed by atoms with Crippen molar-refractivity contribution in [2.45, 2.75) is 6.92 Å². The SMILES string of the molecule is CC(=O)Nc1ccc(-c2cc[n+](C)cc2)cc1.COS(=O)(=O)[O-]. The summed E-state index contributed by atoms with van der Waals surface area (Å²) in [6, 6.07) is 11.9. The van der Waals surface area contributed by atoms with Gasteiger partial charge in [0.25, 0.3) is 0 Å². The van der Waals surface area contributed by atoms with E-state index in [9.17, 15) is 17.8 Å². The average molecular weight is 338 g/mol. The molecular weight excluding hydrogens is 320 g/mol. The average Bonchev–Trinajstić information content (AvgIpc) is 2.48. The minimum Gasteiger partial charge on any atom is -0.726 e. The Bertz CT molecular complexity index is 740. The number of pyridine rings is 1. The first-order valence-electron chi connectivity index (χ1n) is 6.56. The lowest BCUT2D eigenvalue weighted by molar-refractivity contribution is -0.671. The number of carbonyl (C=O) groups is 1. The van der Waals surface area contributed by atoms with Crippen molar-refractivity contribution in [3.63, 3.8) is 0 Å². The first-order chi connectivity index (χ1) is 10.7. The van der Waals surface area contributed by atoms with Crippen molar-refractivity contribution in [2.75, 3.05) is 12.4 Å². The van der Waals surface area contributed by atoms with Crippen molar-refractivity contribution < 1.29 is 26.5 Å². The first-order valence-corrected chi connectivity index (χ1v) is 7.89. The summed E-state index contributed by atoms with van der Waals surface area (Å²) in [4.78, 5) is 10.9. The number of nitrogens with zero attached hydrogens (tertiary/aromatic N) is 1. The van der Waals surface area contributed by atoms with Crippen molar-refractivity contribution in [1.29, 1.82) is 0 Å². The molecule has 0 aliphatic heterocycles. The summed E-state index contributed by atoms with van der Waals surface area (Å²) in [5.41, 5.74) is 3.12. The third kappa shape index (κ3) is 7.50. The molecule has 0 saturated carbocycles. The van der Waals surface area contributed by atoms with Crippen molar-refractivity contribution in [2.24, 2.45) is 7.05 Å². The number of anilines is 1. The molecule has 0 aliphatic rings. The Kier molecular flexibility index (Phi) is 6.83. The number of aromatic nitrogens is 1. The van der Waals surface area contributed by atoms with Gasteiger partial charge in [-0.05, 0) is 23.3 Å². The van der Waals surface area contributed by atoms with Crippen LogP contribution >= 0.6 is 0 Å². The Morgan fingerprint density at radius 3 is 1.91 bits per heavy atom. The third-order valence-electron chi connectivity index (χ3n) is 2.72. The normalized spacial score (nSPS) is 10.4. The molecule has 1 heterocycles. The Morgan fingerprint density at radius 1 is 1.09 bits per heavy atom. The standard InChI is InChI=1S/C14H14N2O.CH4O4S/c1-11(17)15-14-5-3-12(4-6-14)13-7-9-16(2)10-8-13;1-5-6(2,3)4/h3-10H,1-2H3;1H3,(H,2,3,4). The highest BCUT2D eigenvalue weighted by molar-refractivity contribution is 7.80. The monoisotopic (exact) mass is 338 g/mol. The maximum Gasteiger partial charge on any atom is 0.221 e. The maximum absolute atomic E-state index is 10.9. The lowest BCUT2D eigenvalue weighted by atomic mass is 10.1. The third-order valence-corrected chi connectivity index (χ3v) is 3.13. The number of nitrogens with one attached hydrogen (secondary N) is 1. The molecule has 0 aliphatic carbocycles. The molecule has 0 atom stereocenters. The maximum atomic E-state index is 10.9. The molecule has 1 amide bonds. The van der Waals surface area contributed by atoms with Crippen molar-refractivity contribution >= 4 is 22.0 Å². The van der Waals surface area contributed by atoms with Crippen LogP contribution in [-0.4, -0.2) is 26.0 Å². The van der Waals surface area contributed by atoms with Gasteiger partial charge in [-0.2, -0.15) is 0 Å². The van der Waals surface area contributed by atoms with Crippen LogP contribution in [0.3, 0.4) is 0 Å². The fourth-order valence-electron chi connectivity index (χ4n) is 1.64. The number of rotatable bonds is 3. The first kappa shape index (κ1) is 18.8. The molecule has 1 aromatic carbocycles. The van der Waals surface area contributed by atoms with Gasteiger partial charge in [-0.25, -0.2) is 13.0 Å². The Hall–Kier alpha value is -2.29. The molecule has 0 bridgehead atoms. The summed E-state index contributed by atoms with van der Waals surface area (Å²) < 4.78 is 33.0. The molecule has 0 saturated heterocycles. The van der Waals surface area contributed by atoms with E-state index in [0.29, 0.717) is 0 Å². The Morgan fingerprint density at radius 2 is 1.52 bits per heavy atom. The molecule has 0 unspecified atom stereocenters. The molecule has 0 spiro atoms. The molecule has 8 heteroatoms. The fraction of sp³-hybridized carbons (Fsp3) is 0.200. The predicted octanol–water partition coefficient (Wildman–Crippen LogP) is 1.23. The van der Waals surface area contributed by atoms with E-state index >= 15 is 0 Å². The van der Waals surface area contributed by atoms with Gasteiger partial charge in [-0.3, -0.25) is 8.98 Å². The molecule has 2 rings (SSSR count). The van der Waals surface area contributed by atoms with Crippen LogP contribution in [0.4, 0.5) is 5.69 Å². The highest BCUT2D eigenvalue weighted by Gasteiger charge is 2.00. The zero-order chi connectivity index (χ0) is 17.5. The quantitative estimate of drug-likeness (QED) is 0.515. The van der Waals surface area contributed by atoms with Crippen LogP contribution in [0.25, 0.3) is 11.1 Å². The second-order valence-corrected chi connectivity index (χ2v) is 5.74. The number of aryl methyl sites for hydroxylation is 1. The molecular formula is C15H18N2O5S. The lowest BCUT2D eigenvalue weighted by Crippen LogP contribution is -2.25. The number of amides is 1. The molecule has 2 aromatic rings. The van der Waals surface area contributed by atoms with E-state index in [2.05, 4.69) is 21.6 Å². The van der Waals surface area contributed by atoms with E-state index in [-0.39, 0.29) is 5.91 Å². The van der Waals surface area contributed by atoms with Gasteiger partial charge in [-0.1, -0.05) is 12.1 Å². The van der Waals surface area contributed by atoms with Crippen LogP contribution in [-0.2, 0) is 26.4 Å². The summed E-state index contributed by atoms with van der Waals surface area (Å²) in [5, 5.41) is 2.75. The second-order valence-electron chi connectivity index (χ2n) is 4.59. The minimum absolute atomic E-state index is 0.0514. The number of benzene rings is 1. The molecule has 124 valence electrons. The van der Waals surface area contributed by atoms with Crippen LogP contribution in [0, 0.1) is 0 Å². The largest absolute Gasteiger partial charge is 0.726 e. The summed E-state index contributed by atoms with van der Waals surface area (Å²) in [5.74, 6) is -0.0514. The van der Waals surface area contributed by atoms with Crippen molar-refractivity contribution in [3.05, 3.63) is 48.8 Å². The summed E-state index contributed by atoms with van der Waals surface area (Å²) in [6.45, 7) is 1.51. The molecule has 0 radical (unpaired) electrons. The van der Waals surface area contributed by atoms with Crippen LogP contribution < -0.4 is 9.88 Å². The van der Waals surface area contributed by atoms with Crippen LogP contribution in [0.1, 0.15) is 6.92 Å². The second kappa shape index (κ2) is 8.37. The smallest absolute Gasteiger partial charge is 0.221 e. The topological polar surface area (TPSA) is 99.4 Å². The zero-order valence-corrected chi connectivity index (χ0v) is 13.8. The highest BCUT2D eigenvalue weighted by atomic mass is 32.3. The Balaban J connectivity index is 0.000000379. The van der Waals surface area contributed by atoms with Gasteiger partial charge < -0.3 is 9.87 Å². The minimum atomic E-state index is -4.41. The van der Waals surface area contributed by atoms with E-state index in [1.54, 1.807) is 0 Å². The van der Waals surface area contributed by atoms with Gasteiger partial charge in [0.15, 0.2) is 12.4 Å². The molecule has 1 aromatic heterocycles. The van der Waals surface area contributed by atoms with E-state index in [1.807, 2.05) is 48.3 Å². The van der Waals surface area contributed by atoms with Gasteiger partial charge in [0.1, 0.15) is 7.05 Å². The van der Waals surface area contributed by atoms with Crippen molar-refractivity contribution in [3.8, 4) is 11.1 Å². The van der Waals surface area contributed by atoms with Gasteiger partial charge in [0, 0.05) is 24.7 Å². The van der Waals surface area contributed by atoms with Crippen LogP contribution in [0.15, 0.2) is 48.8 Å². The predicted molar refractivity (Wildman–Crippen MR) is 84.1 cm³/mol. The summed E-state index contributed by atoms with van der Waals surface area (Å²) in [7, 11) is -1.61. The van der Waals surface area contributed by atoms with E-state index < -0.39 is 10.4 Å². The van der Waals surface area contributed by atoms with E-state index in [4.69, 9.17) is 0 Å². The Labute approximate surface area is 135 Å². The van der Waals surface area contributed by atoms with Gasteiger partial charge >= 0.3 is 0 Å². The number of carbonyl (C=O) groups excluding carboxylic acids is 1. The molecule has 23 heavy (non-hydrogen) atoms. The zero-order valence-electron chi connectivity index (χ0n) is 13.0. The number of hydrogen-bond acceptors (Lipinski definition) is 5. The lowest BCUT2D eigenvalue weighted by Gasteiger charge is -2.04. The fourth-order valence-corrected chi connectivity index (χ4v) is 1.64. The van der Waals surface area contributed by atoms with Gasteiger partial charge in [0.2, 0.25) is 16.3 Å². The van der Waals surface area contributed by atoms with Gasteiger partial charge in [0.05, 0.1) is 7.11 Å². The van der Waals surface area contributed by atoms with Crippen molar-refractivity contribution in [1.82, 2.24) is 0 Å². The highest BCUT2D eigenvalue weighted by Crippen LogP contribution is 2.20. The van der Waals surface area contributed by atoms with Gasteiger partial charge in [-0.15, -0.1) is 0 Å². The van der Waals surface area contributed by atoms with E-state index in [0.717, 1.165) is 23.9 Å². The number of hydrogen-bond donors (Lipinski definition) is 1. The molecule has 7 nitrogen and oxygen atoms in total. The summed E-state index contributed by atoms with van der Waals surface area (Å²) >= 11 is 0. The van der Waals surface area contributed by atoms with Crippen LogP contribution in [0.5, 0.6) is 0 Å². The molecule has 0 fully saturated rings. The molecule has 1 N–H and O–H groups in total.